The third-order valence-electron chi connectivity index (χ3n) is 4.41. The smallest absolute Gasteiger partial charge is 0.151 e. The van der Waals surface area contributed by atoms with Crippen LogP contribution in [0.15, 0.2) is 29.6 Å². The van der Waals surface area contributed by atoms with Gasteiger partial charge < -0.3 is 9.64 Å². The van der Waals surface area contributed by atoms with Crippen molar-refractivity contribution in [2.45, 2.75) is 25.6 Å². The molecule has 0 saturated carbocycles. The molecule has 116 valence electrons. The lowest BCUT2D eigenvalue weighted by molar-refractivity contribution is 0.0303. The molecular weight excluding hydrogens is 296 g/mol. The van der Waals surface area contributed by atoms with Crippen LogP contribution in [0.5, 0.6) is 0 Å². The molecule has 2 fully saturated rings. The number of hydrogen-bond donors (Lipinski definition) is 0. The number of likely N-dealkylation sites (tertiary alicyclic amines) is 1. The summed E-state index contributed by atoms with van der Waals surface area (Å²) >= 11 is 1.82. The second kappa shape index (κ2) is 5.95. The van der Waals surface area contributed by atoms with E-state index in [9.17, 15) is 0 Å². The van der Waals surface area contributed by atoms with Crippen LogP contribution in [0.3, 0.4) is 0 Å². The van der Waals surface area contributed by atoms with E-state index in [2.05, 4.69) is 43.6 Å². The van der Waals surface area contributed by atoms with Gasteiger partial charge in [-0.1, -0.05) is 6.07 Å². The minimum atomic E-state index is 0.275. The summed E-state index contributed by atoms with van der Waals surface area (Å²) in [5.41, 5.74) is 0.958. The third-order valence-corrected chi connectivity index (χ3v) is 5.28. The lowest BCUT2D eigenvalue weighted by Gasteiger charge is -2.37. The fraction of sp³-hybridized carbons (Fsp3) is 0.500. The zero-order chi connectivity index (χ0) is 14.9. The molecule has 0 aliphatic carbocycles. The second-order valence-corrected chi connectivity index (χ2v) is 7.01. The van der Waals surface area contributed by atoms with Gasteiger partial charge in [0.05, 0.1) is 24.4 Å². The van der Waals surface area contributed by atoms with Crippen molar-refractivity contribution in [3.05, 3.63) is 40.2 Å². The van der Waals surface area contributed by atoms with Crippen molar-refractivity contribution in [1.82, 2.24) is 15.1 Å². The molecule has 0 radical (unpaired) electrons. The maximum absolute atomic E-state index is 6.00. The van der Waals surface area contributed by atoms with E-state index in [1.165, 1.54) is 4.88 Å². The van der Waals surface area contributed by atoms with Gasteiger partial charge in [0.25, 0.3) is 0 Å². The van der Waals surface area contributed by atoms with Gasteiger partial charge in [0.2, 0.25) is 0 Å². The topological polar surface area (TPSA) is 41.5 Å². The summed E-state index contributed by atoms with van der Waals surface area (Å²) in [5.74, 6) is 0.974. The van der Waals surface area contributed by atoms with Crippen LogP contribution in [-0.2, 0) is 11.3 Å². The summed E-state index contributed by atoms with van der Waals surface area (Å²) in [6, 6.07) is 8.81. The minimum absolute atomic E-state index is 0.275. The Balaban J connectivity index is 1.50. The van der Waals surface area contributed by atoms with E-state index in [1.54, 1.807) is 0 Å². The summed E-state index contributed by atoms with van der Waals surface area (Å²) in [6.45, 7) is 6.67. The highest BCUT2D eigenvalue weighted by atomic mass is 32.1. The van der Waals surface area contributed by atoms with Crippen molar-refractivity contribution in [3.8, 4) is 0 Å². The molecule has 5 nitrogen and oxygen atoms in total. The van der Waals surface area contributed by atoms with Gasteiger partial charge in [0.15, 0.2) is 5.82 Å². The number of aryl methyl sites for hydroxylation is 1. The molecule has 2 aliphatic heterocycles. The fourth-order valence-corrected chi connectivity index (χ4v) is 4.09. The molecule has 2 saturated heterocycles. The van der Waals surface area contributed by atoms with Crippen LogP contribution in [0.25, 0.3) is 0 Å². The van der Waals surface area contributed by atoms with Gasteiger partial charge in [0, 0.05) is 31.1 Å². The van der Waals surface area contributed by atoms with Crippen LogP contribution in [0.2, 0.25) is 0 Å². The van der Waals surface area contributed by atoms with Crippen LogP contribution < -0.4 is 4.90 Å². The molecule has 0 spiro atoms. The number of anilines is 1. The van der Waals surface area contributed by atoms with Crippen LogP contribution in [0, 0.1) is 6.92 Å². The second-order valence-electron chi connectivity index (χ2n) is 5.98. The molecule has 0 N–H and O–H groups in total. The predicted molar refractivity (Wildman–Crippen MR) is 87.2 cm³/mol. The Morgan fingerprint density at radius 1 is 1.27 bits per heavy atom. The van der Waals surface area contributed by atoms with Crippen LogP contribution in [-0.4, -0.2) is 53.5 Å². The lowest BCUT2D eigenvalue weighted by atomic mass is 10.1. The van der Waals surface area contributed by atoms with E-state index in [0.29, 0.717) is 6.04 Å². The quantitative estimate of drug-likeness (QED) is 0.865. The zero-order valence-corrected chi connectivity index (χ0v) is 13.5. The van der Waals surface area contributed by atoms with Gasteiger partial charge in [-0.15, -0.1) is 16.4 Å². The van der Waals surface area contributed by atoms with E-state index < -0.39 is 0 Å². The largest absolute Gasteiger partial charge is 0.373 e. The fourth-order valence-electron chi connectivity index (χ4n) is 3.35. The van der Waals surface area contributed by atoms with Crippen molar-refractivity contribution in [2.24, 2.45) is 0 Å². The maximum Gasteiger partial charge on any atom is 0.151 e. The van der Waals surface area contributed by atoms with E-state index in [1.807, 2.05) is 24.3 Å². The van der Waals surface area contributed by atoms with Crippen LogP contribution in [0.4, 0.5) is 5.82 Å². The van der Waals surface area contributed by atoms with Crippen molar-refractivity contribution >= 4 is 17.2 Å². The third kappa shape index (κ3) is 2.74. The molecule has 4 heterocycles. The maximum atomic E-state index is 6.00. The highest BCUT2D eigenvalue weighted by Crippen LogP contribution is 2.28. The first-order chi connectivity index (χ1) is 10.8. The lowest BCUT2D eigenvalue weighted by Crippen LogP contribution is -2.51. The molecular formula is C16H20N4OS. The van der Waals surface area contributed by atoms with Crippen molar-refractivity contribution < 1.29 is 4.74 Å². The number of hydrogen-bond acceptors (Lipinski definition) is 6. The van der Waals surface area contributed by atoms with E-state index in [0.717, 1.165) is 44.3 Å². The molecule has 0 aromatic carbocycles. The monoisotopic (exact) mass is 316 g/mol. The molecule has 2 aromatic rings. The Bertz CT molecular complexity index is 616. The van der Waals surface area contributed by atoms with Gasteiger partial charge in [-0.25, -0.2) is 0 Å². The molecule has 22 heavy (non-hydrogen) atoms. The Hall–Kier alpha value is -1.50. The first-order valence-electron chi connectivity index (χ1n) is 7.73. The average Bonchev–Trinajstić information content (AvgIpc) is 3.17. The minimum Gasteiger partial charge on any atom is -0.373 e. The molecule has 2 aromatic heterocycles. The molecule has 2 atom stereocenters. The SMILES string of the molecule is Cc1ccc(N2CCO[C@H]3CN(Cc4cccs4)C[C@H]32)nn1. The Morgan fingerprint density at radius 3 is 3.00 bits per heavy atom. The summed E-state index contributed by atoms with van der Waals surface area (Å²) in [6.07, 6.45) is 0.275. The first kappa shape index (κ1) is 14.1. The molecule has 0 bridgehead atoms. The molecule has 6 heteroatoms. The number of thiophene rings is 1. The number of fused-ring (bicyclic) bond motifs is 1. The molecule has 0 amide bonds. The van der Waals surface area contributed by atoms with Gasteiger partial charge in [-0.05, 0) is 30.5 Å². The summed E-state index contributed by atoms with van der Waals surface area (Å²) in [7, 11) is 0. The number of aromatic nitrogens is 2. The van der Waals surface area contributed by atoms with Gasteiger partial charge >= 0.3 is 0 Å². The van der Waals surface area contributed by atoms with E-state index in [4.69, 9.17) is 4.74 Å². The van der Waals surface area contributed by atoms with Gasteiger partial charge in [0.1, 0.15) is 0 Å². The van der Waals surface area contributed by atoms with Crippen molar-refractivity contribution in [2.75, 3.05) is 31.1 Å². The first-order valence-corrected chi connectivity index (χ1v) is 8.61. The summed E-state index contributed by atoms with van der Waals surface area (Å²) in [5, 5.41) is 10.7. The molecule has 2 aliphatic rings. The van der Waals surface area contributed by atoms with Crippen molar-refractivity contribution in [3.63, 3.8) is 0 Å². The summed E-state index contributed by atoms with van der Waals surface area (Å²) in [4.78, 5) is 6.27. The molecule has 4 rings (SSSR count). The highest BCUT2D eigenvalue weighted by molar-refractivity contribution is 7.09. The Morgan fingerprint density at radius 2 is 2.23 bits per heavy atom. The number of nitrogens with zero attached hydrogens (tertiary/aromatic N) is 4. The van der Waals surface area contributed by atoms with Gasteiger partial charge in [-0.2, -0.15) is 5.10 Å². The van der Waals surface area contributed by atoms with Crippen LogP contribution in [0.1, 0.15) is 10.6 Å². The van der Waals surface area contributed by atoms with E-state index in [-0.39, 0.29) is 6.10 Å². The Labute approximate surface area is 134 Å². The average molecular weight is 316 g/mol. The number of morpholine rings is 1. The predicted octanol–water partition coefficient (Wildman–Crippen LogP) is 1.94. The normalized spacial score (nSPS) is 25.4. The number of rotatable bonds is 3. The highest BCUT2D eigenvalue weighted by Gasteiger charge is 2.40. The van der Waals surface area contributed by atoms with E-state index >= 15 is 0 Å². The van der Waals surface area contributed by atoms with Crippen LogP contribution >= 0.6 is 11.3 Å². The zero-order valence-electron chi connectivity index (χ0n) is 12.7. The van der Waals surface area contributed by atoms with Crippen molar-refractivity contribution in [1.29, 1.82) is 0 Å². The standard InChI is InChI=1S/C16H20N4OS/c1-12-4-5-16(18-17-12)20-6-7-21-15-11-19(10-14(15)20)9-13-3-2-8-22-13/h2-5,8,14-15H,6-7,9-11H2,1H3/t14-,15+/m1/s1. The number of ether oxygens (including phenoxy) is 1. The Kier molecular flexibility index (Phi) is 3.82. The van der Waals surface area contributed by atoms with Gasteiger partial charge in [-0.3, -0.25) is 4.90 Å². The molecule has 0 unspecified atom stereocenters. The summed E-state index contributed by atoms with van der Waals surface area (Å²) < 4.78 is 6.00.